The predicted molar refractivity (Wildman–Crippen MR) is 66.8 cm³/mol. The van der Waals surface area contributed by atoms with Crippen molar-refractivity contribution in [2.24, 2.45) is 0 Å². The van der Waals surface area contributed by atoms with Gasteiger partial charge in [-0.2, -0.15) is 0 Å². The summed E-state index contributed by atoms with van der Waals surface area (Å²) in [5.74, 6) is 1.60. The van der Waals surface area contributed by atoms with Crippen LogP contribution in [0.1, 0.15) is 12.0 Å². The summed E-state index contributed by atoms with van der Waals surface area (Å²) in [5, 5.41) is 12.7. The summed E-state index contributed by atoms with van der Waals surface area (Å²) in [6.07, 6.45) is 0.275. The molecule has 0 aliphatic carbocycles. The van der Waals surface area contributed by atoms with Gasteiger partial charge in [-0.3, -0.25) is 0 Å². The second-order valence-corrected chi connectivity index (χ2v) is 4.26. The Bertz CT molecular complexity index is 383. The zero-order chi connectivity index (χ0) is 12.8. The highest BCUT2D eigenvalue weighted by molar-refractivity contribution is 5.44. The molecule has 1 aliphatic rings. The normalized spacial score (nSPS) is 14.8. The molecule has 18 heavy (non-hydrogen) atoms. The highest BCUT2D eigenvalue weighted by atomic mass is 16.7. The summed E-state index contributed by atoms with van der Waals surface area (Å²) < 4.78 is 15.4. The molecule has 1 aromatic rings. The van der Waals surface area contributed by atoms with Crippen molar-refractivity contribution in [3.63, 3.8) is 0 Å². The van der Waals surface area contributed by atoms with Crippen molar-refractivity contribution >= 4 is 0 Å². The molecule has 1 aliphatic heterocycles. The van der Waals surface area contributed by atoms with Crippen molar-refractivity contribution in [3.05, 3.63) is 23.8 Å². The largest absolute Gasteiger partial charge is 0.454 e. The highest BCUT2D eigenvalue weighted by Crippen LogP contribution is 2.32. The average molecular weight is 253 g/mol. The minimum Gasteiger partial charge on any atom is -0.454 e. The van der Waals surface area contributed by atoms with E-state index >= 15 is 0 Å². The monoisotopic (exact) mass is 253 g/mol. The number of hydrogen-bond acceptors (Lipinski definition) is 5. The molecule has 1 unspecified atom stereocenters. The van der Waals surface area contributed by atoms with E-state index in [2.05, 4.69) is 5.32 Å². The number of aliphatic hydroxyl groups excluding tert-OH is 1. The molecule has 1 atom stereocenters. The molecular weight excluding hydrogens is 234 g/mol. The van der Waals surface area contributed by atoms with E-state index in [-0.39, 0.29) is 0 Å². The first-order chi connectivity index (χ1) is 8.79. The van der Waals surface area contributed by atoms with Gasteiger partial charge in [-0.1, -0.05) is 6.07 Å². The van der Waals surface area contributed by atoms with Crippen LogP contribution in [0.2, 0.25) is 0 Å². The first-order valence-electron chi connectivity index (χ1n) is 6.06. The van der Waals surface area contributed by atoms with Crippen molar-refractivity contribution in [3.8, 4) is 11.5 Å². The molecule has 0 fully saturated rings. The molecule has 0 saturated heterocycles. The molecule has 0 saturated carbocycles. The lowest BCUT2D eigenvalue weighted by atomic mass is 10.2. The minimum atomic E-state index is -0.403. The van der Waals surface area contributed by atoms with Gasteiger partial charge in [-0.25, -0.2) is 0 Å². The number of fused-ring (bicyclic) bond motifs is 1. The third-order valence-electron chi connectivity index (χ3n) is 2.78. The van der Waals surface area contributed by atoms with Gasteiger partial charge in [0, 0.05) is 13.7 Å². The van der Waals surface area contributed by atoms with Crippen LogP contribution in [0.15, 0.2) is 18.2 Å². The number of benzene rings is 1. The summed E-state index contributed by atoms with van der Waals surface area (Å²) >= 11 is 0. The van der Waals surface area contributed by atoms with Crippen LogP contribution >= 0.6 is 0 Å². The van der Waals surface area contributed by atoms with Crippen molar-refractivity contribution in [1.29, 1.82) is 0 Å². The Hall–Kier alpha value is -1.30. The van der Waals surface area contributed by atoms with Crippen molar-refractivity contribution < 1.29 is 19.3 Å². The van der Waals surface area contributed by atoms with E-state index in [1.54, 1.807) is 7.11 Å². The molecule has 5 heteroatoms. The van der Waals surface area contributed by atoms with Gasteiger partial charge in [0.25, 0.3) is 0 Å². The fraction of sp³-hybridized carbons (Fsp3) is 0.538. The Morgan fingerprint density at radius 1 is 1.39 bits per heavy atom. The van der Waals surface area contributed by atoms with Crippen molar-refractivity contribution in [2.45, 2.75) is 19.1 Å². The second-order valence-electron chi connectivity index (χ2n) is 4.26. The molecular formula is C13H19NO4. The topological polar surface area (TPSA) is 60.0 Å². The molecule has 0 bridgehead atoms. The predicted octanol–water partition coefficient (Wildman–Crippen LogP) is 0.902. The molecule has 2 N–H and O–H groups in total. The maximum Gasteiger partial charge on any atom is 0.231 e. The Kier molecular flexibility index (Phi) is 4.81. The summed E-state index contributed by atoms with van der Waals surface area (Å²) in [6.45, 7) is 2.18. The van der Waals surface area contributed by atoms with Crippen LogP contribution in [0, 0.1) is 0 Å². The standard InChI is InChI=1S/C13H19NO4/c1-16-8-11(15)4-5-14-7-10-2-3-12-13(6-10)18-9-17-12/h2-3,6,11,14-15H,4-5,7-9H2,1H3. The lowest BCUT2D eigenvalue weighted by Gasteiger charge is -2.10. The number of rotatable bonds is 7. The zero-order valence-corrected chi connectivity index (χ0v) is 10.5. The van der Waals surface area contributed by atoms with Gasteiger partial charge >= 0.3 is 0 Å². The van der Waals surface area contributed by atoms with Gasteiger partial charge in [0.2, 0.25) is 6.79 Å². The summed E-state index contributed by atoms with van der Waals surface area (Å²) in [4.78, 5) is 0. The lowest BCUT2D eigenvalue weighted by Crippen LogP contribution is -2.22. The summed E-state index contributed by atoms with van der Waals surface area (Å²) in [7, 11) is 1.59. The van der Waals surface area contributed by atoms with E-state index < -0.39 is 6.10 Å². The Morgan fingerprint density at radius 2 is 2.22 bits per heavy atom. The van der Waals surface area contributed by atoms with Crippen LogP contribution in [0.4, 0.5) is 0 Å². The first-order valence-corrected chi connectivity index (χ1v) is 6.06. The van der Waals surface area contributed by atoms with Gasteiger partial charge < -0.3 is 24.6 Å². The first kappa shape index (κ1) is 13.1. The zero-order valence-electron chi connectivity index (χ0n) is 10.5. The summed E-state index contributed by atoms with van der Waals surface area (Å²) in [6, 6.07) is 5.89. The van der Waals surface area contributed by atoms with E-state index in [1.165, 1.54) is 0 Å². The maximum absolute atomic E-state index is 9.47. The Morgan fingerprint density at radius 3 is 3.06 bits per heavy atom. The Labute approximate surface area is 107 Å². The molecule has 5 nitrogen and oxygen atoms in total. The quantitative estimate of drug-likeness (QED) is 0.707. The Balaban J connectivity index is 1.70. The van der Waals surface area contributed by atoms with Crippen LogP contribution in [0.5, 0.6) is 11.5 Å². The van der Waals surface area contributed by atoms with Crippen molar-refractivity contribution in [2.75, 3.05) is 27.1 Å². The van der Waals surface area contributed by atoms with Crippen LogP contribution < -0.4 is 14.8 Å². The van der Waals surface area contributed by atoms with E-state index in [1.807, 2.05) is 18.2 Å². The van der Waals surface area contributed by atoms with Gasteiger partial charge in [-0.05, 0) is 30.7 Å². The lowest BCUT2D eigenvalue weighted by molar-refractivity contribution is 0.0594. The SMILES string of the molecule is COCC(O)CCNCc1ccc2c(c1)OCO2. The van der Waals surface area contributed by atoms with Crippen LogP contribution in [-0.2, 0) is 11.3 Å². The second kappa shape index (κ2) is 6.58. The highest BCUT2D eigenvalue weighted by Gasteiger charge is 2.12. The number of hydrogen-bond donors (Lipinski definition) is 2. The van der Waals surface area contributed by atoms with Crippen LogP contribution in [-0.4, -0.2) is 38.3 Å². The maximum atomic E-state index is 9.47. The van der Waals surface area contributed by atoms with E-state index in [9.17, 15) is 5.11 Å². The number of ether oxygens (including phenoxy) is 3. The molecule has 0 spiro atoms. The third-order valence-corrected chi connectivity index (χ3v) is 2.78. The van der Waals surface area contributed by atoms with Gasteiger partial charge in [0.1, 0.15) is 0 Å². The van der Waals surface area contributed by atoms with E-state index in [0.717, 1.165) is 30.2 Å². The fourth-order valence-electron chi connectivity index (χ4n) is 1.83. The molecule has 0 radical (unpaired) electrons. The average Bonchev–Trinajstić information content (AvgIpc) is 2.82. The number of methoxy groups -OCH3 is 1. The third kappa shape index (κ3) is 3.60. The van der Waals surface area contributed by atoms with Crippen LogP contribution in [0.3, 0.4) is 0 Å². The number of nitrogens with one attached hydrogen (secondary N) is 1. The molecule has 100 valence electrons. The minimum absolute atomic E-state index is 0.301. The fourth-order valence-corrected chi connectivity index (χ4v) is 1.83. The number of aliphatic hydroxyl groups is 1. The molecule has 2 rings (SSSR count). The molecule has 1 aromatic carbocycles. The van der Waals surface area contributed by atoms with E-state index in [4.69, 9.17) is 14.2 Å². The summed E-state index contributed by atoms with van der Waals surface area (Å²) in [5.41, 5.74) is 1.14. The van der Waals surface area contributed by atoms with E-state index in [0.29, 0.717) is 19.8 Å². The molecule has 0 aromatic heterocycles. The van der Waals surface area contributed by atoms with Crippen molar-refractivity contribution in [1.82, 2.24) is 5.32 Å². The smallest absolute Gasteiger partial charge is 0.231 e. The van der Waals surface area contributed by atoms with Crippen LogP contribution in [0.25, 0.3) is 0 Å². The molecule has 0 amide bonds. The van der Waals surface area contributed by atoms with Gasteiger partial charge in [0.15, 0.2) is 11.5 Å². The van der Waals surface area contributed by atoms with Gasteiger partial charge in [-0.15, -0.1) is 0 Å². The van der Waals surface area contributed by atoms with Gasteiger partial charge in [0.05, 0.1) is 12.7 Å². The molecule has 1 heterocycles.